The van der Waals surface area contributed by atoms with Gasteiger partial charge in [0, 0.05) is 27.8 Å². The Morgan fingerprint density at radius 1 is 0.350 bits per heavy atom. The third-order valence-electron chi connectivity index (χ3n) is 11.7. The standard InChI is InChI=1S/C54H31N5O/c55-32-34-13-17-36(18-14-34)38-21-25-40(26-22-38)51-57-52(41-27-23-39(24-28-41)37-19-15-35(33-56)16-20-37)59-53(58-51)42-29-30-44-43-7-1-2-8-45(43)54(48(44)31-42)46-9-3-5-11-49(46)60-50-12-6-4-10-47(50)54/h1-31H. The predicted molar refractivity (Wildman–Crippen MR) is 234 cm³/mol. The van der Waals surface area contributed by atoms with Crippen molar-refractivity contribution < 1.29 is 4.74 Å². The Bertz CT molecular complexity index is 3070. The Kier molecular flexibility index (Phi) is 8.05. The number of hydrogen-bond donors (Lipinski definition) is 0. The number of hydrogen-bond acceptors (Lipinski definition) is 6. The number of nitrogens with zero attached hydrogens (tertiary/aromatic N) is 5. The molecule has 6 nitrogen and oxygen atoms in total. The molecule has 2 aliphatic rings. The van der Waals surface area contributed by atoms with Gasteiger partial charge in [-0.25, -0.2) is 15.0 Å². The molecule has 1 aromatic heterocycles. The number of rotatable bonds is 5. The van der Waals surface area contributed by atoms with E-state index in [9.17, 15) is 10.5 Å². The van der Waals surface area contributed by atoms with Gasteiger partial charge in [-0.3, -0.25) is 0 Å². The second-order valence-electron chi connectivity index (χ2n) is 15.0. The molecule has 9 aromatic rings. The fourth-order valence-electron chi connectivity index (χ4n) is 8.85. The molecule has 0 amide bonds. The van der Waals surface area contributed by atoms with Crippen molar-refractivity contribution in [2.24, 2.45) is 0 Å². The van der Waals surface area contributed by atoms with Crippen molar-refractivity contribution in [2.45, 2.75) is 5.41 Å². The molecule has 0 fully saturated rings. The van der Waals surface area contributed by atoms with Crippen LogP contribution in [0.1, 0.15) is 33.4 Å². The first-order chi connectivity index (χ1) is 29.6. The molecule has 6 heteroatoms. The third kappa shape index (κ3) is 5.51. The number of nitriles is 2. The molecule has 0 saturated carbocycles. The molecule has 1 spiro atoms. The maximum atomic E-state index is 9.30. The van der Waals surface area contributed by atoms with Crippen LogP contribution < -0.4 is 4.74 Å². The zero-order valence-corrected chi connectivity index (χ0v) is 32.0. The van der Waals surface area contributed by atoms with Crippen LogP contribution in [0.5, 0.6) is 11.5 Å². The van der Waals surface area contributed by atoms with E-state index in [2.05, 4.69) is 115 Å². The van der Waals surface area contributed by atoms with Crippen LogP contribution in [0.2, 0.25) is 0 Å². The average Bonchev–Trinajstić information content (AvgIpc) is 3.61. The second kappa shape index (κ2) is 13.9. The van der Waals surface area contributed by atoms with Crippen molar-refractivity contribution in [1.29, 1.82) is 10.5 Å². The summed E-state index contributed by atoms with van der Waals surface area (Å²) in [7, 11) is 0. The molecule has 0 radical (unpaired) electrons. The quantitative estimate of drug-likeness (QED) is 0.173. The molecular formula is C54H31N5O. The summed E-state index contributed by atoms with van der Waals surface area (Å²) in [5.74, 6) is 3.34. The summed E-state index contributed by atoms with van der Waals surface area (Å²) in [5.41, 5.74) is 14.2. The highest BCUT2D eigenvalue weighted by Gasteiger charge is 2.51. The van der Waals surface area contributed by atoms with E-state index in [1.807, 2.05) is 84.9 Å². The van der Waals surface area contributed by atoms with Crippen LogP contribution in [0.3, 0.4) is 0 Å². The summed E-state index contributed by atoms with van der Waals surface area (Å²) in [6.45, 7) is 0. The predicted octanol–water partition coefficient (Wildman–Crippen LogP) is 12.4. The Morgan fingerprint density at radius 2 is 0.717 bits per heavy atom. The molecule has 1 aliphatic heterocycles. The van der Waals surface area contributed by atoms with Crippen LogP contribution in [-0.2, 0) is 5.41 Å². The minimum absolute atomic E-state index is 0.554. The lowest BCUT2D eigenvalue weighted by atomic mass is 9.66. The first kappa shape index (κ1) is 34.8. The number of aromatic nitrogens is 3. The van der Waals surface area contributed by atoms with Gasteiger partial charge in [-0.1, -0.05) is 146 Å². The molecule has 0 atom stereocenters. The first-order valence-corrected chi connectivity index (χ1v) is 19.7. The summed E-state index contributed by atoms with van der Waals surface area (Å²) >= 11 is 0. The van der Waals surface area contributed by atoms with Gasteiger partial charge in [0.15, 0.2) is 17.5 Å². The largest absolute Gasteiger partial charge is 0.457 e. The highest BCUT2D eigenvalue weighted by molar-refractivity contribution is 5.90. The van der Waals surface area contributed by atoms with Gasteiger partial charge in [0.05, 0.1) is 28.7 Å². The van der Waals surface area contributed by atoms with Crippen LogP contribution in [0, 0.1) is 22.7 Å². The lowest BCUT2D eigenvalue weighted by molar-refractivity contribution is 0.436. The van der Waals surface area contributed by atoms with E-state index in [0.717, 1.165) is 72.7 Å². The van der Waals surface area contributed by atoms with Crippen molar-refractivity contribution in [3.05, 3.63) is 221 Å². The van der Waals surface area contributed by atoms with Gasteiger partial charge < -0.3 is 4.74 Å². The Hall–Kier alpha value is -8.45. The molecule has 0 N–H and O–H groups in total. The van der Waals surface area contributed by atoms with Gasteiger partial charge in [0.2, 0.25) is 0 Å². The molecule has 8 aromatic carbocycles. The molecule has 0 bridgehead atoms. The summed E-state index contributed by atoms with van der Waals surface area (Å²) in [6, 6.07) is 67.9. The highest BCUT2D eigenvalue weighted by Crippen LogP contribution is 2.62. The van der Waals surface area contributed by atoms with Crippen LogP contribution in [0.4, 0.5) is 0 Å². The van der Waals surface area contributed by atoms with Crippen molar-refractivity contribution >= 4 is 0 Å². The van der Waals surface area contributed by atoms with Crippen molar-refractivity contribution in [3.63, 3.8) is 0 Å². The second-order valence-corrected chi connectivity index (χ2v) is 15.0. The first-order valence-electron chi connectivity index (χ1n) is 19.7. The van der Waals surface area contributed by atoms with Crippen LogP contribution in [0.15, 0.2) is 188 Å². The minimum Gasteiger partial charge on any atom is -0.457 e. The minimum atomic E-state index is -0.630. The molecule has 0 saturated heterocycles. The van der Waals surface area contributed by atoms with Crippen molar-refractivity contribution in [1.82, 2.24) is 15.0 Å². The maximum absolute atomic E-state index is 9.30. The van der Waals surface area contributed by atoms with Crippen molar-refractivity contribution in [3.8, 4) is 91.2 Å². The van der Waals surface area contributed by atoms with Crippen LogP contribution in [-0.4, -0.2) is 15.0 Å². The van der Waals surface area contributed by atoms with Gasteiger partial charge in [-0.15, -0.1) is 0 Å². The molecule has 0 unspecified atom stereocenters. The topological polar surface area (TPSA) is 95.5 Å². The van der Waals surface area contributed by atoms with E-state index in [4.69, 9.17) is 19.7 Å². The number of ether oxygens (including phenoxy) is 1. The number of fused-ring (bicyclic) bond motifs is 9. The zero-order valence-electron chi connectivity index (χ0n) is 32.0. The monoisotopic (exact) mass is 765 g/mol. The van der Waals surface area contributed by atoms with E-state index in [1.54, 1.807) is 0 Å². The van der Waals surface area contributed by atoms with Crippen LogP contribution in [0.25, 0.3) is 67.5 Å². The zero-order chi connectivity index (χ0) is 40.2. The highest BCUT2D eigenvalue weighted by atomic mass is 16.5. The van der Waals surface area contributed by atoms with E-state index in [1.165, 1.54) is 11.1 Å². The average molecular weight is 766 g/mol. The fraction of sp³-hybridized carbons (Fsp3) is 0.0185. The summed E-state index contributed by atoms with van der Waals surface area (Å²) < 4.78 is 6.57. The molecule has 2 heterocycles. The van der Waals surface area contributed by atoms with E-state index in [0.29, 0.717) is 28.6 Å². The summed E-state index contributed by atoms with van der Waals surface area (Å²) in [5, 5.41) is 18.6. The van der Waals surface area contributed by atoms with E-state index >= 15 is 0 Å². The molecular weight excluding hydrogens is 735 g/mol. The number of benzene rings is 8. The molecule has 11 rings (SSSR count). The fourth-order valence-corrected chi connectivity index (χ4v) is 8.85. The molecule has 60 heavy (non-hydrogen) atoms. The van der Waals surface area contributed by atoms with E-state index < -0.39 is 5.41 Å². The summed E-state index contributed by atoms with van der Waals surface area (Å²) in [4.78, 5) is 15.5. The summed E-state index contributed by atoms with van der Waals surface area (Å²) in [6.07, 6.45) is 0. The van der Waals surface area contributed by atoms with Crippen LogP contribution >= 0.6 is 0 Å². The maximum Gasteiger partial charge on any atom is 0.164 e. The Morgan fingerprint density at radius 3 is 1.20 bits per heavy atom. The van der Waals surface area contributed by atoms with Crippen molar-refractivity contribution in [2.75, 3.05) is 0 Å². The lowest BCUT2D eigenvalue weighted by Crippen LogP contribution is -2.32. The Balaban J connectivity index is 1.08. The third-order valence-corrected chi connectivity index (χ3v) is 11.7. The van der Waals surface area contributed by atoms with Gasteiger partial charge in [0.1, 0.15) is 11.5 Å². The molecule has 1 aliphatic carbocycles. The van der Waals surface area contributed by atoms with E-state index in [-0.39, 0.29) is 0 Å². The van der Waals surface area contributed by atoms with Gasteiger partial charge in [-0.2, -0.15) is 10.5 Å². The normalized spacial score (nSPS) is 12.6. The SMILES string of the molecule is N#Cc1ccc(-c2ccc(-c3nc(-c4ccc(-c5ccc(C#N)cc5)cc4)nc(-c4ccc5c(c4)C4(c6ccccc6Oc6ccccc64)c4ccccc4-5)n3)cc2)cc1. The van der Waals surface area contributed by atoms with Gasteiger partial charge >= 0.3 is 0 Å². The van der Waals surface area contributed by atoms with Gasteiger partial charge in [0.25, 0.3) is 0 Å². The lowest BCUT2D eigenvalue weighted by Gasteiger charge is -2.39. The number of para-hydroxylation sites is 2. The Labute approximate surface area is 347 Å². The van der Waals surface area contributed by atoms with Gasteiger partial charge in [-0.05, 0) is 87.0 Å². The smallest absolute Gasteiger partial charge is 0.164 e. The molecule has 278 valence electrons.